The van der Waals surface area contributed by atoms with Gasteiger partial charge in [0, 0.05) is 17.5 Å². The third-order valence-corrected chi connectivity index (χ3v) is 3.45. The van der Waals surface area contributed by atoms with Crippen molar-refractivity contribution < 1.29 is 8.78 Å². The van der Waals surface area contributed by atoms with Crippen molar-refractivity contribution in [1.82, 2.24) is 10.3 Å². The molecule has 0 unspecified atom stereocenters. The lowest BCUT2D eigenvalue weighted by Gasteiger charge is -2.02. The van der Waals surface area contributed by atoms with Crippen LogP contribution in [0.4, 0.5) is 8.78 Å². The van der Waals surface area contributed by atoms with Crippen LogP contribution in [0.5, 0.6) is 0 Å². The fourth-order valence-electron chi connectivity index (χ4n) is 1.59. The quantitative estimate of drug-likeness (QED) is 0.918. The van der Waals surface area contributed by atoms with E-state index in [1.807, 2.05) is 6.92 Å². The van der Waals surface area contributed by atoms with Gasteiger partial charge in [-0.3, -0.25) is 0 Å². The Morgan fingerprint density at radius 2 is 2.06 bits per heavy atom. The summed E-state index contributed by atoms with van der Waals surface area (Å²) in [7, 11) is 0. The largest absolute Gasteiger partial charge is 0.311 e. The van der Waals surface area contributed by atoms with Crippen LogP contribution in [0, 0.1) is 18.6 Å². The SMILES string of the molecule is CCNCc1nc(-c2cc(F)c(C)cc2F)cs1. The van der Waals surface area contributed by atoms with Gasteiger partial charge in [-0.25, -0.2) is 13.8 Å². The lowest BCUT2D eigenvalue weighted by Crippen LogP contribution is -2.11. The van der Waals surface area contributed by atoms with Crippen LogP contribution in [0.15, 0.2) is 17.5 Å². The van der Waals surface area contributed by atoms with Gasteiger partial charge in [0.05, 0.1) is 5.69 Å². The van der Waals surface area contributed by atoms with E-state index >= 15 is 0 Å². The summed E-state index contributed by atoms with van der Waals surface area (Å²) in [5.74, 6) is -0.846. The van der Waals surface area contributed by atoms with Gasteiger partial charge >= 0.3 is 0 Å². The first-order chi connectivity index (χ1) is 8.61. The van der Waals surface area contributed by atoms with Crippen molar-refractivity contribution in [1.29, 1.82) is 0 Å². The van der Waals surface area contributed by atoms with Gasteiger partial charge in [-0.15, -0.1) is 11.3 Å². The topological polar surface area (TPSA) is 24.9 Å². The first-order valence-electron chi connectivity index (χ1n) is 5.73. The molecule has 0 fully saturated rings. The predicted molar refractivity (Wildman–Crippen MR) is 69.6 cm³/mol. The fraction of sp³-hybridized carbons (Fsp3) is 0.308. The van der Waals surface area contributed by atoms with E-state index in [1.54, 1.807) is 12.3 Å². The molecule has 0 atom stereocenters. The molecule has 0 aliphatic rings. The van der Waals surface area contributed by atoms with Crippen LogP contribution in [0.2, 0.25) is 0 Å². The third kappa shape index (κ3) is 2.73. The third-order valence-electron chi connectivity index (χ3n) is 2.60. The fourth-order valence-corrected chi connectivity index (χ4v) is 2.35. The van der Waals surface area contributed by atoms with E-state index in [1.165, 1.54) is 23.5 Å². The molecule has 5 heteroatoms. The van der Waals surface area contributed by atoms with Gasteiger partial charge in [0.15, 0.2) is 0 Å². The summed E-state index contributed by atoms with van der Waals surface area (Å²) in [4.78, 5) is 4.30. The van der Waals surface area contributed by atoms with Crippen LogP contribution in [0.25, 0.3) is 11.3 Å². The number of nitrogens with one attached hydrogen (secondary N) is 1. The molecule has 96 valence electrons. The zero-order chi connectivity index (χ0) is 13.1. The number of aryl methyl sites for hydroxylation is 1. The molecule has 0 aliphatic carbocycles. The van der Waals surface area contributed by atoms with Gasteiger partial charge in [-0.1, -0.05) is 6.92 Å². The summed E-state index contributed by atoms with van der Waals surface area (Å²) in [5.41, 5.74) is 1.01. The molecule has 18 heavy (non-hydrogen) atoms. The Morgan fingerprint density at radius 3 is 2.78 bits per heavy atom. The summed E-state index contributed by atoms with van der Waals surface area (Å²) in [5, 5.41) is 5.76. The number of thiazole rings is 1. The lowest BCUT2D eigenvalue weighted by molar-refractivity contribution is 0.595. The Kier molecular flexibility index (Phi) is 4.04. The zero-order valence-electron chi connectivity index (χ0n) is 10.3. The average molecular weight is 268 g/mol. The molecule has 0 radical (unpaired) electrons. The van der Waals surface area contributed by atoms with E-state index in [0.29, 0.717) is 17.8 Å². The van der Waals surface area contributed by atoms with Crippen LogP contribution in [-0.2, 0) is 6.54 Å². The molecule has 1 heterocycles. The Labute approximate surface area is 109 Å². The van der Waals surface area contributed by atoms with Crippen LogP contribution >= 0.6 is 11.3 Å². The minimum absolute atomic E-state index is 0.220. The van der Waals surface area contributed by atoms with Crippen LogP contribution < -0.4 is 5.32 Å². The maximum Gasteiger partial charge on any atom is 0.133 e. The summed E-state index contributed by atoms with van der Waals surface area (Å²) >= 11 is 1.44. The monoisotopic (exact) mass is 268 g/mol. The molecule has 2 rings (SSSR count). The van der Waals surface area contributed by atoms with Crippen LogP contribution in [0.1, 0.15) is 17.5 Å². The summed E-state index contributed by atoms with van der Waals surface area (Å²) in [6, 6.07) is 2.41. The maximum absolute atomic E-state index is 13.8. The number of hydrogen-bond donors (Lipinski definition) is 1. The van der Waals surface area contributed by atoms with E-state index in [2.05, 4.69) is 10.3 Å². The molecule has 1 aromatic carbocycles. The van der Waals surface area contributed by atoms with E-state index < -0.39 is 11.6 Å². The molecule has 0 amide bonds. The van der Waals surface area contributed by atoms with Crippen molar-refractivity contribution in [2.24, 2.45) is 0 Å². The van der Waals surface area contributed by atoms with Crippen molar-refractivity contribution in [3.8, 4) is 11.3 Å². The normalized spacial score (nSPS) is 10.9. The Balaban J connectivity index is 2.31. The molecule has 2 nitrogen and oxygen atoms in total. The van der Waals surface area contributed by atoms with Crippen molar-refractivity contribution >= 4 is 11.3 Å². The van der Waals surface area contributed by atoms with Gasteiger partial charge in [-0.2, -0.15) is 0 Å². The number of hydrogen-bond acceptors (Lipinski definition) is 3. The van der Waals surface area contributed by atoms with Gasteiger partial charge in [0.2, 0.25) is 0 Å². The molecular formula is C13H14F2N2S. The van der Waals surface area contributed by atoms with Gasteiger partial charge < -0.3 is 5.32 Å². The Bertz CT molecular complexity index is 552. The highest BCUT2D eigenvalue weighted by Crippen LogP contribution is 2.26. The minimum atomic E-state index is -0.436. The summed E-state index contributed by atoms with van der Waals surface area (Å²) < 4.78 is 27.2. The van der Waals surface area contributed by atoms with Crippen molar-refractivity contribution in [3.63, 3.8) is 0 Å². The maximum atomic E-state index is 13.8. The van der Waals surface area contributed by atoms with Gasteiger partial charge in [0.25, 0.3) is 0 Å². The molecule has 1 aromatic heterocycles. The summed E-state index contributed by atoms with van der Waals surface area (Å²) in [6.07, 6.45) is 0. The second-order valence-electron chi connectivity index (χ2n) is 3.99. The van der Waals surface area contributed by atoms with Crippen LogP contribution in [-0.4, -0.2) is 11.5 Å². The lowest BCUT2D eigenvalue weighted by atomic mass is 10.1. The van der Waals surface area contributed by atoms with E-state index in [-0.39, 0.29) is 5.56 Å². The number of rotatable bonds is 4. The number of benzene rings is 1. The van der Waals surface area contributed by atoms with Crippen molar-refractivity contribution in [3.05, 3.63) is 39.7 Å². The van der Waals surface area contributed by atoms with Gasteiger partial charge in [-0.05, 0) is 31.2 Å². The molecule has 0 aliphatic heterocycles. The number of aromatic nitrogens is 1. The predicted octanol–water partition coefficient (Wildman–Crippen LogP) is 3.51. The molecule has 1 N–H and O–H groups in total. The van der Waals surface area contributed by atoms with Crippen LogP contribution in [0.3, 0.4) is 0 Å². The standard InChI is InChI=1S/C13H14F2N2S/c1-3-16-6-13-17-12(7-18-13)9-5-10(14)8(2)4-11(9)15/h4-5,7,16H,3,6H2,1-2H3. The van der Waals surface area contributed by atoms with Gasteiger partial charge in [0.1, 0.15) is 16.6 Å². The summed E-state index contributed by atoms with van der Waals surface area (Å²) in [6.45, 7) is 5.04. The van der Waals surface area contributed by atoms with E-state index in [4.69, 9.17) is 0 Å². The molecule has 0 saturated carbocycles. The Hall–Kier alpha value is -1.33. The zero-order valence-corrected chi connectivity index (χ0v) is 11.1. The molecule has 2 aromatic rings. The number of nitrogens with zero attached hydrogens (tertiary/aromatic N) is 1. The van der Waals surface area contributed by atoms with E-state index in [0.717, 1.165) is 11.6 Å². The molecule has 0 saturated heterocycles. The highest BCUT2D eigenvalue weighted by atomic mass is 32.1. The first kappa shape index (κ1) is 13.1. The minimum Gasteiger partial charge on any atom is -0.311 e. The van der Waals surface area contributed by atoms with Crippen molar-refractivity contribution in [2.45, 2.75) is 20.4 Å². The molecule has 0 bridgehead atoms. The first-order valence-corrected chi connectivity index (χ1v) is 6.61. The van der Waals surface area contributed by atoms with Crippen molar-refractivity contribution in [2.75, 3.05) is 6.54 Å². The molecule has 0 spiro atoms. The average Bonchev–Trinajstić information content (AvgIpc) is 2.79. The number of halogens is 2. The second kappa shape index (κ2) is 5.54. The Morgan fingerprint density at radius 1 is 1.28 bits per heavy atom. The smallest absolute Gasteiger partial charge is 0.133 e. The second-order valence-corrected chi connectivity index (χ2v) is 4.93. The highest BCUT2D eigenvalue weighted by Gasteiger charge is 2.12. The molecular weight excluding hydrogens is 254 g/mol. The highest BCUT2D eigenvalue weighted by molar-refractivity contribution is 7.09. The van der Waals surface area contributed by atoms with E-state index in [9.17, 15) is 8.78 Å².